The molecule has 7 heteroatoms. The number of nitrogens with zero attached hydrogens (tertiary/aromatic N) is 5. The molecule has 1 fully saturated rings. The van der Waals surface area contributed by atoms with Gasteiger partial charge in [0, 0.05) is 61.9 Å². The van der Waals surface area contributed by atoms with Crippen LogP contribution in [0, 0.1) is 13.8 Å². The molecule has 0 aliphatic carbocycles. The molecule has 1 aliphatic rings. The van der Waals surface area contributed by atoms with E-state index in [1.165, 1.54) is 0 Å². The van der Waals surface area contributed by atoms with Crippen LogP contribution in [-0.2, 0) is 4.79 Å². The average Bonchev–Trinajstić information content (AvgIpc) is 2.65. The third kappa shape index (κ3) is 4.16. The predicted molar refractivity (Wildman–Crippen MR) is 102 cm³/mol. The Morgan fingerprint density at radius 2 is 1.96 bits per heavy atom. The summed E-state index contributed by atoms with van der Waals surface area (Å²) < 4.78 is 0. The van der Waals surface area contributed by atoms with Crippen molar-refractivity contribution in [2.24, 2.45) is 0 Å². The van der Waals surface area contributed by atoms with Gasteiger partial charge in [0.2, 0.25) is 5.91 Å². The van der Waals surface area contributed by atoms with Crippen molar-refractivity contribution >= 4 is 11.7 Å². The van der Waals surface area contributed by atoms with Crippen molar-refractivity contribution in [3.63, 3.8) is 0 Å². The summed E-state index contributed by atoms with van der Waals surface area (Å²) in [6.07, 6.45) is 3.54. The number of pyridine rings is 1. The molecule has 138 valence electrons. The minimum Gasteiger partial charge on any atom is -0.355 e. The zero-order chi connectivity index (χ0) is 18.5. The van der Waals surface area contributed by atoms with E-state index in [0.717, 1.165) is 48.8 Å². The zero-order valence-corrected chi connectivity index (χ0v) is 15.7. The van der Waals surface area contributed by atoms with Gasteiger partial charge < -0.3 is 10.2 Å². The fourth-order valence-corrected chi connectivity index (χ4v) is 3.12. The molecular formula is C19H26N6O. The van der Waals surface area contributed by atoms with Crippen LogP contribution in [0.5, 0.6) is 0 Å². The SMILES string of the molecule is CCNC(=O)CN1CCN(c2nc(-c3cccnc3)nc(C)c2C)CC1. The largest absolute Gasteiger partial charge is 0.355 e. The van der Waals surface area contributed by atoms with Gasteiger partial charge in [-0.1, -0.05) is 0 Å². The Labute approximate surface area is 154 Å². The third-order valence-electron chi connectivity index (χ3n) is 4.70. The Hall–Kier alpha value is -2.54. The fraction of sp³-hybridized carbons (Fsp3) is 0.474. The van der Waals surface area contributed by atoms with Gasteiger partial charge in [0.1, 0.15) is 5.82 Å². The van der Waals surface area contributed by atoms with Gasteiger partial charge in [-0.3, -0.25) is 14.7 Å². The average molecular weight is 354 g/mol. The standard InChI is InChI=1S/C19H26N6O/c1-4-21-17(26)13-24-8-10-25(11-9-24)19-14(2)15(3)22-18(23-19)16-6-5-7-20-12-16/h5-7,12H,4,8-11,13H2,1-3H3,(H,21,26). The summed E-state index contributed by atoms with van der Waals surface area (Å²) in [6.45, 7) is 10.6. The van der Waals surface area contributed by atoms with Crippen molar-refractivity contribution in [2.45, 2.75) is 20.8 Å². The molecule has 0 atom stereocenters. The molecule has 0 radical (unpaired) electrons. The van der Waals surface area contributed by atoms with Gasteiger partial charge in [-0.2, -0.15) is 0 Å². The second-order valence-electron chi connectivity index (χ2n) is 6.54. The summed E-state index contributed by atoms with van der Waals surface area (Å²) in [5.74, 6) is 1.78. The quantitative estimate of drug-likeness (QED) is 0.875. The Kier molecular flexibility index (Phi) is 5.78. The number of carbonyl (C=O) groups is 1. The molecule has 0 unspecified atom stereocenters. The molecule has 0 spiro atoms. The van der Waals surface area contributed by atoms with E-state index in [2.05, 4.69) is 32.0 Å². The second kappa shape index (κ2) is 8.23. The van der Waals surface area contributed by atoms with Crippen LogP contribution in [0.3, 0.4) is 0 Å². The molecule has 2 aromatic rings. The summed E-state index contributed by atoms with van der Waals surface area (Å²) >= 11 is 0. The molecule has 0 aromatic carbocycles. The van der Waals surface area contributed by atoms with Gasteiger partial charge in [-0.15, -0.1) is 0 Å². The van der Waals surface area contributed by atoms with Crippen LogP contribution >= 0.6 is 0 Å². The first-order valence-corrected chi connectivity index (χ1v) is 9.08. The van der Waals surface area contributed by atoms with E-state index in [1.54, 1.807) is 12.4 Å². The van der Waals surface area contributed by atoms with E-state index in [4.69, 9.17) is 4.98 Å². The van der Waals surface area contributed by atoms with Crippen molar-refractivity contribution < 1.29 is 4.79 Å². The van der Waals surface area contributed by atoms with Gasteiger partial charge in [-0.05, 0) is 32.9 Å². The van der Waals surface area contributed by atoms with Gasteiger partial charge >= 0.3 is 0 Å². The van der Waals surface area contributed by atoms with Gasteiger partial charge in [-0.25, -0.2) is 9.97 Å². The zero-order valence-electron chi connectivity index (χ0n) is 15.7. The summed E-state index contributed by atoms with van der Waals surface area (Å²) in [6, 6.07) is 3.87. The maximum atomic E-state index is 11.8. The molecule has 1 amide bonds. The molecule has 3 rings (SSSR count). The number of aryl methyl sites for hydroxylation is 1. The smallest absolute Gasteiger partial charge is 0.234 e. The predicted octanol–water partition coefficient (Wildman–Crippen LogP) is 1.41. The van der Waals surface area contributed by atoms with Gasteiger partial charge in [0.25, 0.3) is 0 Å². The highest BCUT2D eigenvalue weighted by molar-refractivity contribution is 5.78. The molecule has 7 nitrogen and oxygen atoms in total. The Balaban J connectivity index is 1.74. The molecule has 1 aliphatic heterocycles. The minimum absolute atomic E-state index is 0.0916. The highest BCUT2D eigenvalue weighted by atomic mass is 16.2. The number of anilines is 1. The van der Waals surface area contributed by atoms with Crippen LogP contribution in [0.25, 0.3) is 11.4 Å². The van der Waals surface area contributed by atoms with Crippen molar-refractivity contribution in [3.05, 3.63) is 35.8 Å². The molecule has 1 N–H and O–H groups in total. The van der Waals surface area contributed by atoms with Crippen molar-refractivity contribution in [1.29, 1.82) is 0 Å². The number of rotatable bonds is 5. The number of likely N-dealkylation sites (N-methyl/N-ethyl adjacent to an activating group) is 1. The highest BCUT2D eigenvalue weighted by Gasteiger charge is 2.22. The fourth-order valence-electron chi connectivity index (χ4n) is 3.12. The molecule has 0 saturated carbocycles. The molecule has 3 heterocycles. The Morgan fingerprint density at radius 3 is 2.62 bits per heavy atom. The number of aromatic nitrogens is 3. The lowest BCUT2D eigenvalue weighted by Crippen LogP contribution is -2.50. The van der Waals surface area contributed by atoms with Gasteiger partial charge in [0.15, 0.2) is 5.82 Å². The lowest BCUT2D eigenvalue weighted by atomic mass is 10.2. The highest BCUT2D eigenvalue weighted by Crippen LogP contribution is 2.25. The van der Waals surface area contributed by atoms with Crippen molar-refractivity contribution in [3.8, 4) is 11.4 Å². The maximum Gasteiger partial charge on any atom is 0.234 e. The first kappa shape index (κ1) is 18.3. The number of nitrogens with one attached hydrogen (secondary N) is 1. The van der Waals surface area contributed by atoms with E-state index in [1.807, 2.05) is 26.0 Å². The van der Waals surface area contributed by atoms with Crippen molar-refractivity contribution in [1.82, 2.24) is 25.2 Å². The molecule has 1 saturated heterocycles. The Morgan fingerprint density at radius 1 is 1.19 bits per heavy atom. The van der Waals surface area contributed by atoms with E-state index in [9.17, 15) is 4.79 Å². The minimum atomic E-state index is 0.0916. The molecule has 2 aromatic heterocycles. The second-order valence-corrected chi connectivity index (χ2v) is 6.54. The lowest BCUT2D eigenvalue weighted by molar-refractivity contribution is -0.122. The van der Waals surface area contributed by atoms with E-state index in [-0.39, 0.29) is 5.91 Å². The maximum absolute atomic E-state index is 11.8. The number of carbonyl (C=O) groups excluding carboxylic acids is 1. The third-order valence-corrected chi connectivity index (χ3v) is 4.70. The number of hydrogen-bond donors (Lipinski definition) is 1. The normalized spacial score (nSPS) is 15.1. The summed E-state index contributed by atoms with van der Waals surface area (Å²) in [5, 5.41) is 2.86. The molecular weight excluding hydrogens is 328 g/mol. The topological polar surface area (TPSA) is 74.2 Å². The number of piperazine rings is 1. The number of hydrogen-bond acceptors (Lipinski definition) is 6. The lowest BCUT2D eigenvalue weighted by Gasteiger charge is -2.35. The van der Waals surface area contributed by atoms with Crippen LogP contribution in [0.4, 0.5) is 5.82 Å². The number of amides is 1. The van der Waals surface area contributed by atoms with Crippen molar-refractivity contribution in [2.75, 3.05) is 44.2 Å². The molecule has 26 heavy (non-hydrogen) atoms. The van der Waals surface area contributed by atoms with Gasteiger partial charge in [0.05, 0.1) is 6.54 Å². The van der Waals surface area contributed by atoms with Crippen LogP contribution < -0.4 is 10.2 Å². The van der Waals surface area contributed by atoms with Crippen LogP contribution in [0.2, 0.25) is 0 Å². The Bertz CT molecular complexity index is 756. The van der Waals surface area contributed by atoms with Crippen LogP contribution in [0.1, 0.15) is 18.2 Å². The summed E-state index contributed by atoms with van der Waals surface area (Å²) in [5.41, 5.74) is 3.01. The van der Waals surface area contributed by atoms with E-state index >= 15 is 0 Å². The first-order chi connectivity index (χ1) is 12.6. The van der Waals surface area contributed by atoms with Crippen LogP contribution in [-0.4, -0.2) is 65.0 Å². The molecule has 0 bridgehead atoms. The summed E-state index contributed by atoms with van der Waals surface area (Å²) in [4.78, 5) is 29.9. The monoisotopic (exact) mass is 354 g/mol. The van der Waals surface area contributed by atoms with Crippen LogP contribution in [0.15, 0.2) is 24.5 Å². The first-order valence-electron chi connectivity index (χ1n) is 9.08. The summed E-state index contributed by atoms with van der Waals surface area (Å²) in [7, 11) is 0. The van der Waals surface area contributed by atoms with E-state index in [0.29, 0.717) is 18.9 Å². The van der Waals surface area contributed by atoms with E-state index < -0.39 is 0 Å².